The molecule has 2 amide bonds. The highest BCUT2D eigenvalue weighted by molar-refractivity contribution is 5.96. The van der Waals surface area contributed by atoms with Gasteiger partial charge >= 0.3 is 6.09 Å². The van der Waals surface area contributed by atoms with Gasteiger partial charge in [0.15, 0.2) is 0 Å². The number of H-pyrrole nitrogens is 1. The SMILES string of the molecule is CCCC([C@H](NC(=O)O)C(=O)Nc1ccn[nH]1)C(C)(C)CC. The molecule has 124 valence electrons. The van der Waals surface area contributed by atoms with Gasteiger partial charge in [0.1, 0.15) is 11.9 Å². The number of hydrogen-bond donors (Lipinski definition) is 4. The first-order valence-corrected chi connectivity index (χ1v) is 7.61. The van der Waals surface area contributed by atoms with Gasteiger partial charge in [0.05, 0.1) is 6.20 Å². The molecule has 0 aromatic carbocycles. The van der Waals surface area contributed by atoms with E-state index in [2.05, 4.69) is 34.7 Å². The number of carbonyl (C=O) groups is 2. The van der Waals surface area contributed by atoms with Crippen molar-refractivity contribution in [3.8, 4) is 0 Å². The summed E-state index contributed by atoms with van der Waals surface area (Å²) in [5.74, 6) is -0.0140. The van der Waals surface area contributed by atoms with Gasteiger partial charge in [0, 0.05) is 6.07 Å². The fourth-order valence-electron chi connectivity index (χ4n) is 2.60. The smallest absolute Gasteiger partial charge is 0.405 e. The summed E-state index contributed by atoms with van der Waals surface area (Å²) in [6, 6.07) is 0.811. The molecular weight excluding hydrogens is 284 g/mol. The molecule has 0 saturated heterocycles. The number of rotatable bonds is 8. The monoisotopic (exact) mass is 310 g/mol. The summed E-state index contributed by atoms with van der Waals surface area (Å²) in [4.78, 5) is 23.7. The van der Waals surface area contributed by atoms with Crippen molar-refractivity contribution in [1.82, 2.24) is 15.5 Å². The first-order valence-electron chi connectivity index (χ1n) is 7.61. The van der Waals surface area contributed by atoms with Crippen molar-refractivity contribution in [2.24, 2.45) is 11.3 Å². The topological polar surface area (TPSA) is 107 Å². The molecule has 2 atom stereocenters. The number of aromatic nitrogens is 2. The second kappa shape index (κ2) is 7.82. The Balaban J connectivity index is 3.01. The quantitative estimate of drug-likeness (QED) is 0.592. The van der Waals surface area contributed by atoms with Crippen molar-refractivity contribution < 1.29 is 14.7 Å². The van der Waals surface area contributed by atoms with E-state index in [1.807, 2.05) is 13.8 Å². The standard InChI is InChI=1S/C15H26N4O3/c1-5-7-10(15(3,4)6-2)12(18-14(21)22)13(20)17-11-8-9-16-19-11/h8-10,12,18H,5-7H2,1-4H3,(H,21,22)(H2,16,17,19,20)/t10?,12-/m0/s1. The predicted octanol–water partition coefficient (Wildman–Crippen LogP) is 2.84. The van der Waals surface area contributed by atoms with Crippen LogP contribution in [0, 0.1) is 11.3 Å². The molecule has 1 unspecified atom stereocenters. The van der Waals surface area contributed by atoms with Crippen LogP contribution in [0.5, 0.6) is 0 Å². The number of carboxylic acid groups (broad SMARTS) is 1. The molecule has 1 aromatic rings. The summed E-state index contributed by atoms with van der Waals surface area (Å²) in [5, 5.41) is 20.6. The minimum absolute atomic E-state index is 0.0958. The number of carbonyl (C=O) groups excluding carboxylic acids is 1. The predicted molar refractivity (Wildman–Crippen MR) is 84.6 cm³/mol. The van der Waals surface area contributed by atoms with Gasteiger partial charge in [-0.3, -0.25) is 9.89 Å². The molecule has 0 aliphatic heterocycles. The highest BCUT2D eigenvalue weighted by Gasteiger charge is 2.38. The molecule has 0 radical (unpaired) electrons. The summed E-state index contributed by atoms with van der Waals surface area (Å²) >= 11 is 0. The molecule has 1 rings (SSSR count). The molecular formula is C15H26N4O3. The molecule has 22 heavy (non-hydrogen) atoms. The second-order valence-corrected chi connectivity index (χ2v) is 6.12. The third-order valence-corrected chi connectivity index (χ3v) is 4.24. The third-order valence-electron chi connectivity index (χ3n) is 4.24. The van der Waals surface area contributed by atoms with Gasteiger partial charge in [0.25, 0.3) is 0 Å². The average molecular weight is 310 g/mol. The second-order valence-electron chi connectivity index (χ2n) is 6.12. The van der Waals surface area contributed by atoms with E-state index in [0.29, 0.717) is 5.82 Å². The van der Waals surface area contributed by atoms with E-state index < -0.39 is 12.1 Å². The van der Waals surface area contributed by atoms with Crippen molar-refractivity contribution in [2.75, 3.05) is 5.32 Å². The molecule has 0 aliphatic rings. The molecule has 0 spiro atoms. The Bertz CT molecular complexity index is 485. The largest absolute Gasteiger partial charge is 0.465 e. The van der Waals surface area contributed by atoms with Crippen LogP contribution in [-0.2, 0) is 4.79 Å². The van der Waals surface area contributed by atoms with E-state index in [0.717, 1.165) is 19.3 Å². The Morgan fingerprint density at radius 2 is 2.09 bits per heavy atom. The average Bonchev–Trinajstić information content (AvgIpc) is 2.95. The lowest BCUT2D eigenvalue weighted by molar-refractivity contribution is -0.120. The summed E-state index contributed by atoms with van der Waals surface area (Å²) in [6.45, 7) is 8.21. The van der Waals surface area contributed by atoms with E-state index in [4.69, 9.17) is 5.11 Å². The minimum atomic E-state index is -1.20. The number of amides is 2. The van der Waals surface area contributed by atoms with Gasteiger partial charge in [-0.2, -0.15) is 5.10 Å². The number of hydrogen-bond acceptors (Lipinski definition) is 3. The van der Waals surface area contributed by atoms with Crippen LogP contribution < -0.4 is 10.6 Å². The number of anilines is 1. The van der Waals surface area contributed by atoms with Crippen LogP contribution in [0.2, 0.25) is 0 Å². The van der Waals surface area contributed by atoms with Crippen LogP contribution >= 0.6 is 0 Å². The van der Waals surface area contributed by atoms with Crippen LogP contribution in [0.15, 0.2) is 12.3 Å². The maximum absolute atomic E-state index is 12.5. The summed E-state index contributed by atoms with van der Waals surface area (Å²) in [7, 11) is 0. The third kappa shape index (κ3) is 4.75. The van der Waals surface area contributed by atoms with Crippen LogP contribution in [-0.4, -0.2) is 33.3 Å². The maximum Gasteiger partial charge on any atom is 0.405 e. The summed E-state index contributed by atoms with van der Waals surface area (Å²) in [6.07, 6.45) is 2.82. The summed E-state index contributed by atoms with van der Waals surface area (Å²) in [5.41, 5.74) is -0.158. The Hall–Kier alpha value is -2.05. The number of nitrogens with zero attached hydrogens (tertiary/aromatic N) is 1. The molecule has 1 aromatic heterocycles. The first kappa shape index (κ1) is 18.0. The lowest BCUT2D eigenvalue weighted by Crippen LogP contribution is -2.52. The lowest BCUT2D eigenvalue weighted by Gasteiger charge is -2.38. The van der Waals surface area contributed by atoms with Gasteiger partial charge in [-0.05, 0) is 17.8 Å². The Kier molecular flexibility index (Phi) is 6.39. The number of nitrogens with one attached hydrogen (secondary N) is 3. The fourth-order valence-corrected chi connectivity index (χ4v) is 2.60. The zero-order valence-electron chi connectivity index (χ0n) is 13.6. The van der Waals surface area contributed by atoms with Gasteiger partial charge in [0.2, 0.25) is 5.91 Å². The molecule has 0 saturated carbocycles. The Morgan fingerprint density at radius 3 is 2.55 bits per heavy atom. The van der Waals surface area contributed by atoms with Crippen molar-refractivity contribution in [2.45, 2.75) is 53.0 Å². The molecule has 7 heteroatoms. The highest BCUT2D eigenvalue weighted by atomic mass is 16.4. The minimum Gasteiger partial charge on any atom is -0.465 e. The van der Waals surface area contributed by atoms with Gasteiger partial charge in [-0.15, -0.1) is 0 Å². The molecule has 0 fully saturated rings. The van der Waals surface area contributed by atoms with E-state index in [9.17, 15) is 9.59 Å². The van der Waals surface area contributed by atoms with E-state index in [1.165, 1.54) is 6.20 Å². The van der Waals surface area contributed by atoms with Gasteiger partial charge in [-0.1, -0.05) is 40.5 Å². The lowest BCUT2D eigenvalue weighted by atomic mass is 9.70. The normalized spacial score (nSPS) is 14.2. The van der Waals surface area contributed by atoms with Crippen LogP contribution in [0.4, 0.5) is 10.6 Å². The highest BCUT2D eigenvalue weighted by Crippen LogP contribution is 2.36. The Labute approximate surface area is 130 Å². The zero-order valence-corrected chi connectivity index (χ0v) is 13.6. The van der Waals surface area contributed by atoms with Crippen molar-refractivity contribution >= 4 is 17.8 Å². The van der Waals surface area contributed by atoms with Crippen LogP contribution in [0.25, 0.3) is 0 Å². The molecule has 0 bridgehead atoms. The van der Waals surface area contributed by atoms with Crippen molar-refractivity contribution in [3.63, 3.8) is 0 Å². The molecule has 7 nitrogen and oxygen atoms in total. The summed E-state index contributed by atoms with van der Waals surface area (Å²) < 4.78 is 0. The Morgan fingerprint density at radius 1 is 1.41 bits per heavy atom. The van der Waals surface area contributed by atoms with Crippen LogP contribution in [0.1, 0.15) is 47.0 Å². The zero-order chi connectivity index (χ0) is 16.8. The number of aromatic amines is 1. The van der Waals surface area contributed by atoms with Crippen molar-refractivity contribution in [3.05, 3.63) is 12.3 Å². The fraction of sp³-hybridized carbons (Fsp3) is 0.667. The van der Waals surface area contributed by atoms with E-state index in [-0.39, 0.29) is 17.2 Å². The van der Waals surface area contributed by atoms with Gasteiger partial charge < -0.3 is 15.7 Å². The van der Waals surface area contributed by atoms with E-state index in [1.54, 1.807) is 6.07 Å². The maximum atomic E-state index is 12.5. The van der Waals surface area contributed by atoms with Crippen molar-refractivity contribution in [1.29, 1.82) is 0 Å². The molecule has 1 heterocycles. The first-order chi connectivity index (χ1) is 10.3. The van der Waals surface area contributed by atoms with Gasteiger partial charge in [-0.25, -0.2) is 4.79 Å². The molecule has 4 N–H and O–H groups in total. The van der Waals surface area contributed by atoms with E-state index >= 15 is 0 Å². The molecule has 0 aliphatic carbocycles. The van der Waals surface area contributed by atoms with Crippen LogP contribution in [0.3, 0.4) is 0 Å².